The van der Waals surface area contributed by atoms with Gasteiger partial charge in [-0.15, -0.1) is 0 Å². The number of rotatable bonds is 7. The monoisotopic (exact) mass is 493 g/mol. The number of carbonyl (C=O) groups is 2. The lowest BCUT2D eigenvalue weighted by atomic mass is 9.94. The Morgan fingerprint density at radius 1 is 0.919 bits per heavy atom. The number of aryl methyl sites for hydroxylation is 2. The van der Waals surface area contributed by atoms with E-state index in [0.29, 0.717) is 23.7 Å². The lowest BCUT2D eigenvalue weighted by Gasteiger charge is -2.24. The Hall–Kier alpha value is -4.58. The van der Waals surface area contributed by atoms with Crippen molar-refractivity contribution in [3.05, 3.63) is 130 Å². The number of ether oxygens (including phenoxy) is 1. The molecule has 1 N–H and O–H groups in total. The molecule has 0 aliphatic carbocycles. The first-order chi connectivity index (χ1) is 17.9. The van der Waals surface area contributed by atoms with Crippen molar-refractivity contribution in [3.63, 3.8) is 0 Å². The van der Waals surface area contributed by atoms with E-state index in [-0.39, 0.29) is 17.9 Å². The van der Waals surface area contributed by atoms with Crippen molar-refractivity contribution in [1.29, 1.82) is 0 Å². The van der Waals surface area contributed by atoms with E-state index in [9.17, 15) is 14.7 Å². The van der Waals surface area contributed by atoms with Crippen LogP contribution in [0.3, 0.4) is 0 Å². The van der Waals surface area contributed by atoms with Crippen LogP contribution >= 0.6 is 0 Å². The summed E-state index contributed by atoms with van der Waals surface area (Å²) in [6, 6.07) is 25.2. The average molecular weight is 494 g/mol. The minimum Gasteiger partial charge on any atom is -0.507 e. The van der Waals surface area contributed by atoms with Crippen LogP contribution < -0.4 is 4.74 Å². The molecule has 1 aliphatic rings. The van der Waals surface area contributed by atoms with Crippen molar-refractivity contribution in [2.24, 2.45) is 0 Å². The largest absolute Gasteiger partial charge is 0.507 e. The summed E-state index contributed by atoms with van der Waals surface area (Å²) in [6.45, 7) is 4.53. The molecule has 1 unspecified atom stereocenters. The van der Waals surface area contributed by atoms with Crippen LogP contribution in [0.15, 0.2) is 101 Å². The van der Waals surface area contributed by atoms with Crippen molar-refractivity contribution < 1.29 is 23.8 Å². The number of aliphatic hydroxyl groups is 1. The van der Waals surface area contributed by atoms with Gasteiger partial charge in [-0.3, -0.25) is 9.59 Å². The molecule has 1 aromatic heterocycles. The summed E-state index contributed by atoms with van der Waals surface area (Å²) < 4.78 is 11.4. The summed E-state index contributed by atoms with van der Waals surface area (Å²) in [6.07, 6.45) is 1.52. The van der Waals surface area contributed by atoms with E-state index < -0.39 is 17.7 Å². The molecular formula is C31H27NO5. The molecule has 1 fully saturated rings. The van der Waals surface area contributed by atoms with E-state index in [2.05, 4.69) is 0 Å². The molecule has 1 saturated heterocycles. The molecule has 0 spiro atoms. The van der Waals surface area contributed by atoms with E-state index in [4.69, 9.17) is 9.15 Å². The highest BCUT2D eigenvalue weighted by Crippen LogP contribution is 2.40. The SMILES string of the molecule is Cc1ccc(C2C(=C(O)c3ccc(OCc4ccccc4C)cc3)C(=O)C(=O)N2Cc2ccco2)cc1. The van der Waals surface area contributed by atoms with Crippen LogP contribution in [0.5, 0.6) is 5.75 Å². The number of likely N-dealkylation sites (tertiary alicyclic amines) is 1. The average Bonchev–Trinajstić information content (AvgIpc) is 3.51. The van der Waals surface area contributed by atoms with E-state index in [1.165, 1.54) is 11.2 Å². The Balaban J connectivity index is 1.47. The van der Waals surface area contributed by atoms with E-state index in [1.807, 2.05) is 62.4 Å². The number of ketones is 1. The predicted molar refractivity (Wildman–Crippen MR) is 140 cm³/mol. The molecule has 0 bridgehead atoms. The van der Waals surface area contributed by atoms with Gasteiger partial charge in [0, 0.05) is 5.56 Å². The molecule has 1 amide bonds. The highest BCUT2D eigenvalue weighted by atomic mass is 16.5. The second-order valence-corrected chi connectivity index (χ2v) is 9.16. The van der Waals surface area contributed by atoms with Crippen molar-refractivity contribution in [2.75, 3.05) is 0 Å². The first-order valence-electron chi connectivity index (χ1n) is 12.1. The standard InChI is InChI=1S/C31H27NO5/c1-20-9-11-22(12-10-20)28-27(30(34)31(35)32(28)18-26-8-5-17-36-26)29(33)23-13-15-25(16-14-23)37-19-24-7-4-3-6-21(24)2/h3-17,28,33H,18-19H2,1-2H3. The third-order valence-corrected chi connectivity index (χ3v) is 6.62. The number of hydrogen-bond acceptors (Lipinski definition) is 5. The van der Waals surface area contributed by atoms with Crippen molar-refractivity contribution in [2.45, 2.75) is 33.0 Å². The zero-order chi connectivity index (χ0) is 25.9. The number of aliphatic hydroxyl groups excluding tert-OH is 1. The van der Waals surface area contributed by atoms with Gasteiger partial charge in [-0.2, -0.15) is 0 Å². The van der Waals surface area contributed by atoms with Gasteiger partial charge in [0.25, 0.3) is 11.7 Å². The van der Waals surface area contributed by atoms with Gasteiger partial charge in [0.1, 0.15) is 23.9 Å². The molecule has 5 rings (SSSR count). The van der Waals surface area contributed by atoms with Crippen LogP contribution in [0.25, 0.3) is 5.76 Å². The highest BCUT2D eigenvalue weighted by molar-refractivity contribution is 6.46. The maximum atomic E-state index is 13.2. The van der Waals surface area contributed by atoms with Crippen LogP contribution in [0.1, 0.15) is 39.6 Å². The topological polar surface area (TPSA) is 80.0 Å². The Labute approximate surface area is 215 Å². The molecule has 37 heavy (non-hydrogen) atoms. The number of amides is 1. The van der Waals surface area contributed by atoms with Crippen molar-refractivity contribution >= 4 is 17.4 Å². The van der Waals surface area contributed by atoms with Gasteiger partial charge in [-0.05, 0) is 66.9 Å². The summed E-state index contributed by atoms with van der Waals surface area (Å²) in [5.74, 6) is -0.449. The van der Waals surface area contributed by atoms with Crippen LogP contribution in [0, 0.1) is 13.8 Å². The quantitative estimate of drug-likeness (QED) is 0.191. The molecule has 6 heteroatoms. The lowest BCUT2D eigenvalue weighted by molar-refractivity contribution is -0.140. The lowest BCUT2D eigenvalue weighted by Crippen LogP contribution is -2.29. The molecule has 0 saturated carbocycles. The van der Waals surface area contributed by atoms with E-state index >= 15 is 0 Å². The number of benzene rings is 3. The van der Waals surface area contributed by atoms with Crippen LogP contribution in [0.2, 0.25) is 0 Å². The zero-order valence-corrected chi connectivity index (χ0v) is 20.7. The third-order valence-electron chi connectivity index (χ3n) is 6.62. The third kappa shape index (κ3) is 4.91. The van der Waals surface area contributed by atoms with E-state index in [1.54, 1.807) is 36.4 Å². The van der Waals surface area contributed by atoms with Gasteiger partial charge in [-0.1, -0.05) is 54.1 Å². The van der Waals surface area contributed by atoms with Crippen LogP contribution in [-0.4, -0.2) is 21.7 Å². The molecule has 3 aromatic carbocycles. The fourth-order valence-electron chi connectivity index (χ4n) is 4.51. The second-order valence-electron chi connectivity index (χ2n) is 9.16. The fraction of sp³-hybridized carbons (Fsp3) is 0.161. The van der Waals surface area contributed by atoms with Crippen LogP contribution in [0.4, 0.5) is 0 Å². The van der Waals surface area contributed by atoms with Crippen molar-refractivity contribution in [1.82, 2.24) is 4.90 Å². The van der Waals surface area contributed by atoms with E-state index in [0.717, 1.165) is 22.3 Å². The Kier molecular flexibility index (Phi) is 6.64. The molecule has 186 valence electrons. The molecule has 1 aliphatic heterocycles. The summed E-state index contributed by atoms with van der Waals surface area (Å²) in [5.41, 5.74) is 4.49. The predicted octanol–water partition coefficient (Wildman–Crippen LogP) is 6.10. The van der Waals surface area contributed by atoms with Gasteiger partial charge in [0.05, 0.1) is 24.4 Å². The summed E-state index contributed by atoms with van der Waals surface area (Å²) in [5, 5.41) is 11.3. The second kappa shape index (κ2) is 10.2. The minimum atomic E-state index is -0.748. The van der Waals surface area contributed by atoms with Gasteiger partial charge in [0.2, 0.25) is 0 Å². The normalized spacial score (nSPS) is 16.8. The Morgan fingerprint density at radius 3 is 2.32 bits per heavy atom. The maximum Gasteiger partial charge on any atom is 0.296 e. The number of carbonyl (C=O) groups excluding carboxylic acids is 2. The molecular weight excluding hydrogens is 466 g/mol. The number of hydrogen-bond donors (Lipinski definition) is 1. The Bertz CT molecular complexity index is 1450. The number of furan rings is 1. The highest BCUT2D eigenvalue weighted by Gasteiger charge is 2.46. The van der Waals surface area contributed by atoms with Gasteiger partial charge < -0.3 is 19.2 Å². The summed E-state index contributed by atoms with van der Waals surface area (Å²) in [7, 11) is 0. The molecule has 0 radical (unpaired) electrons. The molecule has 6 nitrogen and oxygen atoms in total. The molecule has 1 atom stereocenters. The number of nitrogens with zero attached hydrogens (tertiary/aromatic N) is 1. The van der Waals surface area contributed by atoms with Crippen molar-refractivity contribution in [3.8, 4) is 5.75 Å². The van der Waals surface area contributed by atoms with Crippen LogP contribution in [-0.2, 0) is 22.7 Å². The molecule has 4 aromatic rings. The first-order valence-corrected chi connectivity index (χ1v) is 12.1. The zero-order valence-electron chi connectivity index (χ0n) is 20.7. The fourth-order valence-corrected chi connectivity index (χ4v) is 4.51. The summed E-state index contributed by atoms with van der Waals surface area (Å²) in [4.78, 5) is 27.7. The Morgan fingerprint density at radius 2 is 1.65 bits per heavy atom. The first kappa shape index (κ1) is 24.1. The minimum absolute atomic E-state index is 0.0500. The summed E-state index contributed by atoms with van der Waals surface area (Å²) >= 11 is 0. The smallest absolute Gasteiger partial charge is 0.296 e. The number of Topliss-reactive ketones (excluding diaryl/α,β-unsaturated/α-hetero) is 1. The maximum absolute atomic E-state index is 13.2. The van der Waals surface area contributed by atoms with Gasteiger partial charge >= 0.3 is 0 Å². The van der Waals surface area contributed by atoms with Gasteiger partial charge in [-0.25, -0.2) is 0 Å². The van der Waals surface area contributed by atoms with Gasteiger partial charge in [0.15, 0.2) is 0 Å². The molecule has 2 heterocycles.